The summed E-state index contributed by atoms with van der Waals surface area (Å²) in [5.74, 6) is 0.660. The molecule has 9 rings (SSSR count). The highest BCUT2D eigenvalue weighted by Gasteiger charge is 2.21. The maximum atomic E-state index is 6.58. The molecule has 0 fully saturated rings. The molecule has 0 aliphatic heterocycles. The number of furan rings is 2. The Bertz CT molecular complexity index is 2400. The van der Waals surface area contributed by atoms with Gasteiger partial charge in [-0.2, -0.15) is 0 Å². The number of rotatable bonds is 3. The van der Waals surface area contributed by atoms with E-state index in [2.05, 4.69) is 72.8 Å². The normalized spacial score (nSPS) is 11.8. The minimum absolute atomic E-state index is 0.660. The third kappa shape index (κ3) is 3.42. The lowest BCUT2D eigenvalue weighted by atomic mass is 9.96. The van der Waals surface area contributed by atoms with Crippen molar-refractivity contribution in [1.82, 2.24) is 9.97 Å². The molecule has 0 atom stereocenters. The Kier molecular flexibility index (Phi) is 4.87. The zero-order chi connectivity index (χ0) is 27.6. The van der Waals surface area contributed by atoms with E-state index in [4.69, 9.17) is 18.8 Å². The van der Waals surface area contributed by atoms with E-state index >= 15 is 0 Å². The first-order valence-electron chi connectivity index (χ1n) is 14.0. The molecule has 4 heteroatoms. The largest absolute Gasteiger partial charge is 0.456 e. The topological polar surface area (TPSA) is 52.1 Å². The summed E-state index contributed by atoms with van der Waals surface area (Å²) in [5.41, 5.74) is 8.12. The van der Waals surface area contributed by atoms with Gasteiger partial charge in [0.15, 0.2) is 5.82 Å². The van der Waals surface area contributed by atoms with E-state index < -0.39 is 0 Å². The van der Waals surface area contributed by atoms with Crippen LogP contribution in [0.25, 0.3) is 88.6 Å². The van der Waals surface area contributed by atoms with Crippen LogP contribution in [-0.4, -0.2) is 9.97 Å². The molecule has 3 heterocycles. The molecule has 0 unspecified atom stereocenters. The van der Waals surface area contributed by atoms with Crippen molar-refractivity contribution in [1.29, 1.82) is 0 Å². The zero-order valence-corrected chi connectivity index (χ0v) is 22.4. The summed E-state index contributed by atoms with van der Waals surface area (Å²) < 4.78 is 12.8. The van der Waals surface area contributed by atoms with Crippen LogP contribution in [0, 0.1) is 0 Å². The lowest BCUT2D eigenvalue weighted by Crippen LogP contribution is -1.96. The average molecular weight is 539 g/mol. The van der Waals surface area contributed by atoms with Crippen molar-refractivity contribution in [2.75, 3.05) is 0 Å². The maximum Gasteiger partial charge on any atom is 0.161 e. The maximum absolute atomic E-state index is 6.58. The van der Waals surface area contributed by atoms with E-state index in [0.29, 0.717) is 5.82 Å². The molecule has 0 aliphatic carbocycles. The fourth-order valence-corrected chi connectivity index (χ4v) is 6.20. The van der Waals surface area contributed by atoms with Gasteiger partial charge >= 0.3 is 0 Å². The zero-order valence-electron chi connectivity index (χ0n) is 22.4. The molecule has 0 saturated carbocycles. The molecule has 0 aliphatic rings. The van der Waals surface area contributed by atoms with Crippen LogP contribution in [0.3, 0.4) is 0 Å². The number of aromatic nitrogens is 2. The Morgan fingerprint density at radius 2 is 0.905 bits per heavy atom. The van der Waals surface area contributed by atoms with Crippen molar-refractivity contribution < 1.29 is 8.83 Å². The summed E-state index contributed by atoms with van der Waals surface area (Å²) in [4.78, 5) is 10.3. The van der Waals surface area contributed by atoms with Crippen molar-refractivity contribution in [3.63, 3.8) is 0 Å². The number of benzene rings is 6. The molecule has 3 aromatic heterocycles. The van der Waals surface area contributed by atoms with Gasteiger partial charge < -0.3 is 8.83 Å². The number of para-hydroxylation sites is 1. The summed E-state index contributed by atoms with van der Waals surface area (Å²) in [7, 11) is 0. The second kappa shape index (κ2) is 8.88. The van der Waals surface area contributed by atoms with Gasteiger partial charge in [0.25, 0.3) is 0 Å². The van der Waals surface area contributed by atoms with Crippen molar-refractivity contribution >= 4 is 54.6 Å². The average Bonchev–Trinajstić information content (AvgIpc) is 3.63. The predicted molar refractivity (Wildman–Crippen MR) is 170 cm³/mol. The van der Waals surface area contributed by atoms with Gasteiger partial charge in [0, 0.05) is 38.2 Å². The van der Waals surface area contributed by atoms with Crippen molar-refractivity contribution in [3.8, 4) is 33.9 Å². The lowest BCUT2D eigenvalue weighted by Gasteiger charge is -2.12. The van der Waals surface area contributed by atoms with Gasteiger partial charge in [-0.15, -0.1) is 0 Å². The van der Waals surface area contributed by atoms with Crippen LogP contribution in [0.2, 0.25) is 0 Å². The molecule has 0 N–H and O–H groups in total. The van der Waals surface area contributed by atoms with Crippen LogP contribution in [0.5, 0.6) is 0 Å². The van der Waals surface area contributed by atoms with Crippen LogP contribution in [0.4, 0.5) is 0 Å². The van der Waals surface area contributed by atoms with E-state index in [-0.39, 0.29) is 0 Å². The highest BCUT2D eigenvalue weighted by atomic mass is 16.3. The fourth-order valence-electron chi connectivity index (χ4n) is 6.20. The van der Waals surface area contributed by atoms with Gasteiger partial charge in [0.1, 0.15) is 22.3 Å². The number of hydrogen-bond acceptors (Lipinski definition) is 4. The van der Waals surface area contributed by atoms with E-state index in [9.17, 15) is 0 Å². The molecule has 6 aromatic carbocycles. The van der Waals surface area contributed by atoms with Crippen LogP contribution in [-0.2, 0) is 0 Å². The minimum Gasteiger partial charge on any atom is -0.456 e. The molecule has 0 radical (unpaired) electrons. The molecular weight excluding hydrogens is 516 g/mol. The number of hydrogen-bond donors (Lipinski definition) is 0. The molecule has 0 amide bonds. The van der Waals surface area contributed by atoms with E-state index in [1.54, 1.807) is 0 Å². The third-order valence-electron chi connectivity index (χ3n) is 8.09. The molecule has 196 valence electrons. The lowest BCUT2D eigenvalue weighted by molar-refractivity contribution is 0.663. The SMILES string of the molecule is c1ccc(-c2cc(-c3ccccc3)nc(-c3cc4oc5ccc6oc7ccccc7c6c5c4c4ccccc34)n2)cc1. The quantitative estimate of drug-likeness (QED) is 0.224. The second-order valence-electron chi connectivity index (χ2n) is 10.5. The van der Waals surface area contributed by atoms with Gasteiger partial charge in [0.2, 0.25) is 0 Å². The molecule has 9 aromatic rings. The Labute approximate surface area is 240 Å². The standard InChI is InChI=1S/C38H22N2O2/c1-3-11-23(12-4-1)29-22-30(24-13-5-2-6-14-24)40-38(39-29)28-21-34-35(26-16-8-7-15-25(26)28)37-33(42-34)20-19-32-36(37)27-17-9-10-18-31(27)41-32/h1-22H. The van der Waals surface area contributed by atoms with Gasteiger partial charge in [0.05, 0.1) is 11.4 Å². The summed E-state index contributed by atoms with van der Waals surface area (Å²) in [5, 5.41) is 6.47. The summed E-state index contributed by atoms with van der Waals surface area (Å²) >= 11 is 0. The van der Waals surface area contributed by atoms with Gasteiger partial charge in [-0.3, -0.25) is 0 Å². The molecule has 0 spiro atoms. The van der Waals surface area contributed by atoms with Crippen LogP contribution in [0.1, 0.15) is 0 Å². The number of fused-ring (bicyclic) bond motifs is 9. The molecular formula is C38H22N2O2. The van der Waals surface area contributed by atoms with Crippen LogP contribution in [0.15, 0.2) is 142 Å². The second-order valence-corrected chi connectivity index (χ2v) is 10.5. The van der Waals surface area contributed by atoms with Crippen molar-refractivity contribution in [2.45, 2.75) is 0 Å². The summed E-state index contributed by atoms with van der Waals surface area (Å²) in [6.07, 6.45) is 0. The Morgan fingerprint density at radius 1 is 0.381 bits per heavy atom. The van der Waals surface area contributed by atoms with E-state index in [0.717, 1.165) is 82.7 Å². The van der Waals surface area contributed by atoms with Crippen LogP contribution < -0.4 is 0 Å². The third-order valence-corrected chi connectivity index (χ3v) is 8.09. The van der Waals surface area contributed by atoms with Gasteiger partial charge in [-0.05, 0) is 41.1 Å². The Balaban J connectivity index is 1.38. The van der Waals surface area contributed by atoms with Crippen molar-refractivity contribution in [3.05, 3.63) is 133 Å². The van der Waals surface area contributed by atoms with Gasteiger partial charge in [-0.1, -0.05) is 103 Å². The Hall–Kier alpha value is -5.74. The summed E-state index contributed by atoms with van der Waals surface area (Å²) in [6.45, 7) is 0. The van der Waals surface area contributed by atoms with Crippen LogP contribution >= 0.6 is 0 Å². The van der Waals surface area contributed by atoms with E-state index in [1.807, 2.05) is 60.7 Å². The first kappa shape index (κ1) is 23.0. The Morgan fingerprint density at radius 3 is 1.60 bits per heavy atom. The molecule has 42 heavy (non-hydrogen) atoms. The monoisotopic (exact) mass is 538 g/mol. The predicted octanol–water partition coefficient (Wildman–Crippen LogP) is 10.4. The molecule has 0 saturated heterocycles. The molecule has 4 nitrogen and oxygen atoms in total. The van der Waals surface area contributed by atoms with E-state index in [1.165, 1.54) is 0 Å². The minimum atomic E-state index is 0.660. The first-order valence-corrected chi connectivity index (χ1v) is 14.0. The highest BCUT2D eigenvalue weighted by molar-refractivity contribution is 6.31. The first-order chi connectivity index (χ1) is 20.8. The van der Waals surface area contributed by atoms with Crippen molar-refractivity contribution in [2.24, 2.45) is 0 Å². The fraction of sp³-hybridized carbons (Fsp3) is 0. The molecule has 0 bridgehead atoms. The highest BCUT2D eigenvalue weighted by Crippen LogP contribution is 2.44. The smallest absolute Gasteiger partial charge is 0.161 e. The summed E-state index contributed by atoms with van der Waals surface area (Å²) in [6, 6.07) is 45.4. The van der Waals surface area contributed by atoms with Gasteiger partial charge in [-0.25, -0.2) is 9.97 Å². The number of nitrogens with zero attached hydrogens (tertiary/aromatic N) is 2.